The molecule has 0 unspecified atom stereocenters. The summed E-state index contributed by atoms with van der Waals surface area (Å²) in [6, 6.07) is 0. The Morgan fingerprint density at radius 3 is 2.90 bits per heavy atom. The molecule has 2 rings (SSSR count). The topological polar surface area (TPSA) is 24.9 Å². The summed E-state index contributed by atoms with van der Waals surface area (Å²) >= 11 is 1.82. The second-order valence-electron chi connectivity index (χ2n) is 2.64. The van der Waals surface area contributed by atoms with Crippen molar-refractivity contribution in [2.24, 2.45) is 0 Å². The largest absolute Gasteiger partial charge is 0.315 e. The Balaban J connectivity index is 2.17. The average Bonchev–Trinajstić information content (AvgIpc) is 2.10. The van der Waals surface area contributed by atoms with Crippen molar-refractivity contribution < 1.29 is 0 Å². The fourth-order valence-electron chi connectivity index (χ4n) is 1.06. The van der Waals surface area contributed by atoms with E-state index in [1.54, 1.807) is 0 Å². The van der Waals surface area contributed by atoms with Crippen molar-refractivity contribution >= 4 is 11.3 Å². The van der Waals surface area contributed by atoms with Crippen molar-refractivity contribution in [3.63, 3.8) is 0 Å². The molecule has 3 heteroatoms. The predicted molar refractivity (Wildman–Crippen MR) is 42.5 cm³/mol. The van der Waals surface area contributed by atoms with Crippen LogP contribution in [0.15, 0.2) is 6.20 Å². The van der Waals surface area contributed by atoms with Gasteiger partial charge < -0.3 is 5.32 Å². The van der Waals surface area contributed by atoms with Gasteiger partial charge in [-0.3, -0.25) is 0 Å². The van der Waals surface area contributed by atoms with Crippen LogP contribution in [0.3, 0.4) is 0 Å². The average molecular weight is 154 g/mol. The molecule has 2 heterocycles. The van der Waals surface area contributed by atoms with Crippen LogP contribution in [0.4, 0.5) is 0 Å². The molecular weight excluding hydrogens is 144 g/mol. The van der Waals surface area contributed by atoms with Crippen molar-refractivity contribution in [2.45, 2.75) is 12.8 Å². The predicted octanol–water partition coefficient (Wildman–Crippen LogP) is 1.14. The Morgan fingerprint density at radius 2 is 2.50 bits per heavy atom. The third-order valence-electron chi connectivity index (χ3n) is 1.82. The first-order valence-electron chi connectivity index (χ1n) is 3.49. The molecule has 1 N–H and O–H groups in total. The zero-order chi connectivity index (χ0) is 6.97. The number of nitrogens with one attached hydrogen (secondary N) is 1. The zero-order valence-electron chi connectivity index (χ0n) is 5.92. The van der Waals surface area contributed by atoms with Gasteiger partial charge >= 0.3 is 0 Å². The minimum atomic E-state index is 0.756. The van der Waals surface area contributed by atoms with E-state index in [9.17, 15) is 0 Å². The molecule has 10 heavy (non-hydrogen) atoms. The molecule has 0 aliphatic carbocycles. The maximum Gasteiger partial charge on any atom is 0.0896 e. The summed E-state index contributed by atoms with van der Waals surface area (Å²) in [4.78, 5) is 5.65. The lowest BCUT2D eigenvalue weighted by Gasteiger charge is -2.25. The zero-order valence-corrected chi connectivity index (χ0v) is 6.74. The number of nitrogens with zero attached hydrogens (tertiary/aromatic N) is 1. The Morgan fingerprint density at radius 1 is 1.70 bits per heavy atom. The lowest BCUT2D eigenvalue weighted by Crippen LogP contribution is -2.39. The summed E-state index contributed by atoms with van der Waals surface area (Å²) in [7, 11) is 0. The molecule has 54 valence electrons. The van der Waals surface area contributed by atoms with Crippen molar-refractivity contribution in [1.82, 2.24) is 10.3 Å². The number of hydrogen-bond acceptors (Lipinski definition) is 3. The normalized spacial score (nSPS) is 18.9. The summed E-state index contributed by atoms with van der Waals surface area (Å²) in [5, 5.41) is 4.43. The molecule has 1 aliphatic heterocycles. The maximum atomic E-state index is 4.21. The van der Waals surface area contributed by atoms with Gasteiger partial charge in [-0.25, -0.2) is 4.98 Å². The van der Waals surface area contributed by atoms with Crippen LogP contribution in [-0.2, 0) is 0 Å². The number of hydrogen-bond donors (Lipinski definition) is 1. The Hall–Kier alpha value is -0.410. The van der Waals surface area contributed by atoms with E-state index in [2.05, 4.69) is 17.2 Å². The third kappa shape index (κ3) is 0.954. The van der Waals surface area contributed by atoms with Crippen LogP contribution >= 0.6 is 11.3 Å². The Bertz CT molecular complexity index is 227. The quantitative estimate of drug-likeness (QED) is 0.656. The maximum absolute atomic E-state index is 4.21. The smallest absolute Gasteiger partial charge is 0.0896 e. The van der Waals surface area contributed by atoms with Crippen molar-refractivity contribution in [3.8, 4) is 0 Å². The first kappa shape index (κ1) is 6.31. The molecule has 1 aromatic heterocycles. The second-order valence-corrected chi connectivity index (χ2v) is 3.90. The van der Waals surface area contributed by atoms with E-state index >= 15 is 0 Å². The molecule has 1 aliphatic rings. The molecule has 1 aromatic rings. The molecule has 0 bridgehead atoms. The van der Waals surface area contributed by atoms with Gasteiger partial charge in [0.25, 0.3) is 0 Å². The fraction of sp³-hybridized carbons (Fsp3) is 0.571. The van der Waals surface area contributed by atoms with E-state index in [1.807, 2.05) is 17.5 Å². The second kappa shape index (κ2) is 2.32. The van der Waals surface area contributed by atoms with E-state index in [1.165, 1.54) is 9.88 Å². The third-order valence-corrected chi connectivity index (χ3v) is 2.90. The molecule has 0 saturated carbocycles. The van der Waals surface area contributed by atoms with Gasteiger partial charge in [-0.2, -0.15) is 0 Å². The molecule has 0 atom stereocenters. The number of rotatable bonds is 1. The van der Waals surface area contributed by atoms with Crippen LogP contribution in [-0.4, -0.2) is 18.1 Å². The molecular formula is C7H10N2S. The molecule has 0 aromatic carbocycles. The minimum absolute atomic E-state index is 0.756. The summed E-state index contributed by atoms with van der Waals surface area (Å²) in [5.41, 5.74) is 0. The highest BCUT2D eigenvalue weighted by molar-refractivity contribution is 7.11. The number of aromatic nitrogens is 1. The molecule has 1 saturated heterocycles. The van der Waals surface area contributed by atoms with Crippen LogP contribution in [0.25, 0.3) is 0 Å². The number of aryl methyl sites for hydroxylation is 1. The summed E-state index contributed by atoms with van der Waals surface area (Å²) in [6.07, 6.45) is 2.01. The van der Waals surface area contributed by atoms with Gasteiger partial charge in [0.2, 0.25) is 0 Å². The standard InChI is InChI=1S/C7H10N2S/c1-5-9-4-7(10-5)6-2-8-3-6/h4,6,8H,2-3H2,1H3. The van der Waals surface area contributed by atoms with Gasteiger partial charge in [-0.1, -0.05) is 0 Å². The van der Waals surface area contributed by atoms with Crippen LogP contribution in [0.1, 0.15) is 15.8 Å². The van der Waals surface area contributed by atoms with Crippen molar-refractivity contribution in [2.75, 3.05) is 13.1 Å². The minimum Gasteiger partial charge on any atom is -0.315 e. The van der Waals surface area contributed by atoms with Gasteiger partial charge in [0.1, 0.15) is 0 Å². The fourth-order valence-corrected chi connectivity index (χ4v) is 1.94. The van der Waals surface area contributed by atoms with E-state index in [-0.39, 0.29) is 0 Å². The van der Waals surface area contributed by atoms with Gasteiger partial charge in [-0.05, 0) is 6.92 Å². The van der Waals surface area contributed by atoms with Crippen molar-refractivity contribution in [1.29, 1.82) is 0 Å². The summed E-state index contributed by atoms with van der Waals surface area (Å²) in [5.74, 6) is 0.756. The highest BCUT2D eigenvalue weighted by Crippen LogP contribution is 2.24. The number of thiazole rings is 1. The monoisotopic (exact) mass is 154 g/mol. The lowest BCUT2D eigenvalue weighted by molar-refractivity contribution is 0.454. The first-order valence-corrected chi connectivity index (χ1v) is 4.31. The summed E-state index contributed by atoms with van der Waals surface area (Å²) < 4.78 is 0. The molecule has 2 nitrogen and oxygen atoms in total. The Labute approximate surface area is 64.3 Å². The molecule has 0 radical (unpaired) electrons. The van der Waals surface area contributed by atoms with Gasteiger partial charge in [0, 0.05) is 30.1 Å². The van der Waals surface area contributed by atoms with Crippen LogP contribution in [0, 0.1) is 6.92 Å². The summed E-state index contributed by atoms with van der Waals surface area (Å²) in [6.45, 7) is 4.34. The van der Waals surface area contributed by atoms with Crippen LogP contribution < -0.4 is 5.32 Å². The highest BCUT2D eigenvalue weighted by Gasteiger charge is 2.20. The van der Waals surface area contributed by atoms with Crippen molar-refractivity contribution in [3.05, 3.63) is 16.1 Å². The van der Waals surface area contributed by atoms with Gasteiger partial charge in [0.15, 0.2) is 0 Å². The SMILES string of the molecule is Cc1ncc(C2CNC2)s1. The highest BCUT2D eigenvalue weighted by atomic mass is 32.1. The van der Waals surface area contributed by atoms with E-state index < -0.39 is 0 Å². The van der Waals surface area contributed by atoms with E-state index in [0.717, 1.165) is 19.0 Å². The molecule has 1 fully saturated rings. The van der Waals surface area contributed by atoms with E-state index in [4.69, 9.17) is 0 Å². The Kier molecular flexibility index (Phi) is 1.47. The molecule has 0 amide bonds. The van der Waals surface area contributed by atoms with Gasteiger partial charge in [0.05, 0.1) is 5.01 Å². The lowest BCUT2D eigenvalue weighted by atomic mass is 10.0. The van der Waals surface area contributed by atoms with Gasteiger partial charge in [-0.15, -0.1) is 11.3 Å². The van der Waals surface area contributed by atoms with Crippen LogP contribution in [0.5, 0.6) is 0 Å². The van der Waals surface area contributed by atoms with Crippen LogP contribution in [0.2, 0.25) is 0 Å². The molecule has 0 spiro atoms. The van der Waals surface area contributed by atoms with E-state index in [0.29, 0.717) is 0 Å². The first-order chi connectivity index (χ1) is 4.86.